The van der Waals surface area contributed by atoms with Crippen LogP contribution in [0.15, 0.2) is 47.4 Å². The van der Waals surface area contributed by atoms with Gasteiger partial charge < -0.3 is 10.1 Å². The minimum Gasteiger partial charge on any atom is -0.497 e. The lowest BCUT2D eigenvalue weighted by Crippen LogP contribution is -2.51. The number of aryl methyl sites for hydroxylation is 2. The molecule has 1 amide bonds. The lowest BCUT2D eigenvalue weighted by Gasteiger charge is -2.38. The van der Waals surface area contributed by atoms with Gasteiger partial charge in [-0.2, -0.15) is 4.31 Å². The van der Waals surface area contributed by atoms with Gasteiger partial charge in [-0.15, -0.1) is 0 Å². The summed E-state index contributed by atoms with van der Waals surface area (Å²) < 4.78 is 33.2. The summed E-state index contributed by atoms with van der Waals surface area (Å²) in [6.07, 6.45) is 1.29. The SMILES string of the molecule is COc1cccc(CNC(=O)[C@@]2(C)CCCN(S(=O)(=O)c3ccc(C)cc3C)C2)c1. The highest BCUT2D eigenvalue weighted by atomic mass is 32.2. The predicted octanol–water partition coefficient (Wildman–Crippen LogP) is 3.42. The number of benzene rings is 2. The summed E-state index contributed by atoms with van der Waals surface area (Å²) in [5.74, 6) is 0.599. The summed E-state index contributed by atoms with van der Waals surface area (Å²) in [4.78, 5) is 13.3. The van der Waals surface area contributed by atoms with E-state index in [0.29, 0.717) is 30.8 Å². The maximum absolute atomic E-state index is 13.3. The van der Waals surface area contributed by atoms with Crippen LogP contribution in [0.25, 0.3) is 0 Å². The quantitative estimate of drug-likeness (QED) is 0.762. The number of hydrogen-bond donors (Lipinski definition) is 1. The molecule has 162 valence electrons. The molecule has 3 rings (SSSR count). The van der Waals surface area contributed by atoms with Gasteiger partial charge in [0.15, 0.2) is 0 Å². The van der Waals surface area contributed by atoms with Crippen molar-refractivity contribution in [1.29, 1.82) is 0 Å². The molecule has 30 heavy (non-hydrogen) atoms. The van der Waals surface area contributed by atoms with Gasteiger partial charge in [-0.05, 0) is 62.9 Å². The highest BCUT2D eigenvalue weighted by Crippen LogP contribution is 2.33. The molecule has 0 saturated carbocycles. The molecule has 1 aliphatic rings. The number of carbonyl (C=O) groups excluding carboxylic acids is 1. The third-order valence-electron chi connectivity index (χ3n) is 5.75. The van der Waals surface area contributed by atoms with Gasteiger partial charge in [-0.3, -0.25) is 4.79 Å². The van der Waals surface area contributed by atoms with E-state index in [-0.39, 0.29) is 12.5 Å². The summed E-state index contributed by atoms with van der Waals surface area (Å²) in [7, 11) is -2.05. The van der Waals surface area contributed by atoms with E-state index in [1.807, 2.05) is 57.2 Å². The highest BCUT2D eigenvalue weighted by Gasteiger charge is 2.42. The molecule has 1 fully saturated rings. The van der Waals surface area contributed by atoms with Crippen molar-refractivity contribution >= 4 is 15.9 Å². The Kier molecular flexibility index (Phi) is 6.53. The molecule has 2 aromatic carbocycles. The number of carbonyl (C=O) groups is 1. The Bertz CT molecular complexity index is 1040. The smallest absolute Gasteiger partial charge is 0.243 e. The molecule has 1 N–H and O–H groups in total. The molecule has 6 nitrogen and oxygen atoms in total. The second-order valence-corrected chi connectivity index (χ2v) is 10.2. The van der Waals surface area contributed by atoms with Crippen LogP contribution < -0.4 is 10.1 Å². The average Bonchev–Trinajstić information content (AvgIpc) is 2.72. The Hall–Kier alpha value is -2.38. The summed E-state index contributed by atoms with van der Waals surface area (Å²) in [6.45, 7) is 6.56. The summed E-state index contributed by atoms with van der Waals surface area (Å²) >= 11 is 0. The number of hydrogen-bond acceptors (Lipinski definition) is 4. The zero-order valence-electron chi connectivity index (χ0n) is 18.1. The van der Waals surface area contributed by atoms with E-state index in [9.17, 15) is 13.2 Å². The fraction of sp³-hybridized carbons (Fsp3) is 0.435. The lowest BCUT2D eigenvalue weighted by molar-refractivity contribution is -0.132. The van der Waals surface area contributed by atoms with E-state index >= 15 is 0 Å². The minimum atomic E-state index is -3.65. The molecule has 0 bridgehead atoms. The van der Waals surface area contributed by atoms with Gasteiger partial charge in [-0.25, -0.2) is 8.42 Å². The van der Waals surface area contributed by atoms with Crippen LogP contribution in [0.4, 0.5) is 0 Å². The van der Waals surface area contributed by atoms with Crippen molar-refractivity contribution in [2.75, 3.05) is 20.2 Å². The maximum Gasteiger partial charge on any atom is 0.243 e. The van der Waals surface area contributed by atoms with Gasteiger partial charge in [0, 0.05) is 19.6 Å². The van der Waals surface area contributed by atoms with Crippen LogP contribution in [0.2, 0.25) is 0 Å². The van der Waals surface area contributed by atoms with E-state index in [0.717, 1.165) is 22.4 Å². The fourth-order valence-electron chi connectivity index (χ4n) is 3.99. The summed E-state index contributed by atoms with van der Waals surface area (Å²) in [6, 6.07) is 12.9. The number of nitrogens with zero attached hydrogens (tertiary/aromatic N) is 1. The molecule has 2 aromatic rings. The second-order valence-electron chi connectivity index (χ2n) is 8.31. The highest BCUT2D eigenvalue weighted by molar-refractivity contribution is 7.89. The van der Waals surface area contributed by atoms with E-state index < -0.39 is 15.4 Å². The van der Waals surface area contributed by atoms with E-state index in [2.05, 4.69) is 5.32 Å². The molecule has 1 heterocycles. The van der Waals surface area contributed by atoms with Gasteiger partial charge >= 0.3 is 0 Å². The molecular formula is C23H30N2O4S. The van der Waals surface area contributed by atoms with Gasteiger partial charge in [0.05, 0.1) is 17.4 Å². The van der Waals surface area contributed by atoms with Crippen molar-refractivity contribution in [1.82, 2.24) is 9.62 Å². The Balaban J connectivity index is 1.73. The number of methoxy groups -OCH3 is 1. The number of ether oxygens (including phenoxy) is 1. The third kappa shape index (κ3) is 4.68. The maximum atomic E-state index is 13.3. The zero-order valence-corrected chi connectivity index (χ0v) is 18.9. The third-order valence-corrected chi connectivity index (χ3v) is 7.75. The van der Waals surface area contributed by atoms with Crippen LogP contribution in [0.5, 0.6) is 5.75 Å². The normalized spacial score (nSPS) is 20.0. The van der Waals surface area contributed by atoms with Crippen molar-refractivity contribution < 1.29 is 17.9 Å². The number of sulfonamides is 1. The molecule has 0 aliphatic carbocycles. The Morgan fingerprint density at radius 3 is 2.67 bits per heavy atom. The Morgan fingerprint density at radius 1 is 1.20 bits per heavy atom. The van der Waals surface area contributed by atoms with Crippen molar-refractivity contribution in [3.05, 3.63) is 59.2 Å². The van der Waals surface area contributed by atoms with Crippen LogP contribution >= 0.6 is 0 Å². The van der Waals surface area contributed by atoms with E-state index in [1.165, 1.54) is 4.31 Å². The second kappa shape index (κ2) is 8.78. The van der Waals surface area contributed by atoms with Crippen molar-refractivity contribution in [2.45, 2.75) is 45.1 Å². The number of piperidine rings is 1. The fourth-order valence-corrected chi connectivity index (χ4v) is 5.80. The minimum absolute atomic E-state index is 0.133. The van der Waals surface area contributed by atoms with E-state index in [1.54, 1.807) is 13.2 Å². The van der Waals surface area contributed by atoms with E-state index in [4.69, 9.17) is 4.74 Å². The predicted molar refractivity (Wildman–Crippen MR) is 117 cm³/mol. The van der Waals surface area contributed by atoms with Crippen LogP contribution in [-0.2, 0) is 21.4 Å². The number of nitrogens with one attached hydrogen (secondary N) is 1. The number of rotatable bonds is 6. The first kappa shape index (κ1) is 22.3. The van der Waals surface area contributed by atoms with Gasteiger partial charge in [-0.1, -0.05) is 29.8 Å². The molecule has 0 unspecified atom stereocenters. The Labute approximate surface area is 179 Å². The van der Waals surface area contributed by atoms with Crippen LogP contribution in [-0.4, -0.2) is 38.8 Å². The molecule has 1 atom stereocenters. The lowest BCUT2D eigenvalue weighted by atomic mass is 9.82. The van der Waals surface area contributed by atoms with Gasteiger partial charge in [0.2, 0.25) is 15.9 Å². The summed E-state index contributed by atoms with van der Waals surface area (Å²) in [5, 5.41) is 2.98. The number of amides is 1. The van der Waals surface area contributed by atoms with Crippen molar-refractivity contribution in [3.63, 3.8) is 0 Å². The largest absolute Gasteiger partial charge is 0.497 e. The molecule has 0 spiro atoms. The molecule has 1 saturated heterocycles. The molecule has 0 radical (unpaired) electrons. The van der Waals surface area contributed by atoms with Crippen molar-refractivity contribution in [3.8, 4) is 5.75 Å². The Morgan fingerprint density at radius 2 is 1.97 bits per heavy atom. The zero-order chi connectivity index (χ0) is 21.9. The van der Waals surface area contributed by atoms with Crippen LogP contribution in [0.3, 0.4) is 0 Å². The first-order valence-corrected chi connectivity index (χ1v) is 11.6. The average molecular weight is 431 g/mol. The standard InChI is InChI=1S/C23H30N2O4S/c1-17-9-10-21(18(2)13-17)30(27,28)25-12-6-11-23(3,16-25)22(26)24-15-19-7-5-8-20(14-19)29-4/h5,7-10,13-14H,6,11-12,15-16H2,1-4H3,(H,24,26)/t23-/m0/s1. The summed E-state index contributed by atoms with van der Waals surface area (Å²) in [5.41, 5.74) is 1.90. The van der Waals surface area contributed by atoms with Crippen LogP contribution in [0.1, 0.15) is 36.5 Å². The monoisotopic (exact) mass is 430 g/mol. The first-order valence-electron chi connectivity index (χ1n) is 10.1. The molecule has 1 aliphatic heterocycles. The molecule has 7 heteroatoms. The van der Waals surface area contributed by atoms with Crippen molar-refractivity contribution in [2.24, 2.45) is 5.41 Å². The molecule has 0 aromatic heterocycles. The first-order chi connectivity index (χ1) is 14.2. The van der Waals surface area contributed by atoms with Crippen LogP contribution in [0, 0.1) is 19.3 Å². The van der Waals surface area contributed by atoms with Gasteiger partial charge in [0.1, 0.15) is 5.75 Å². The molecular weight excluding hydrogens is 400 g/mol. The van der Waals surface area contributed by atoms with Gasteiger partial charge in [0.25, 0.3) is 0 Å². The topological polar surface area (TPSA) is 75.7 Å².